The number of hydrogen-bond donors (Lipinski definition) is 1. The third kappa shape index (κ3) is 2.91. The number of alkyl halides is 3. The Balaban J connectivity index is 1.66. The predicted molar refractivity (Wildman–Crippen MR) is 98.0 cm³/mol. The van der Waals surface area contributed by atoms with E-state index >= 15 is 0 Å². The number of rotatable bonds is 5. The number of fused-ring (bicyclic) bond motifs is 1. The minimum absolute atomic E-state index is 0.0831. The summed E-state index contributed by atoms with van der Waals surface area (Å²) in [6.45, 7) is 8.84. The molecule has 1 aromatic heterocycles. The van der Waals surface area contributed by atoms with E-state index in [9.17, 15) is 23.1 Å². The molecular formula is C19H23F3N4O2. The maximum atomic E-state index is 13.7. The summed E-state index contributed by atoms with van der Waals surface area (Å²) in [6, 6.07) is 0.108. The monoisotopic (exact) mass is 396 g/mol. The van der Waals surface area contributed by atoms with Crippen molar-refractivity contribution in [3.63, 3.8) is 0 Å². The molecule has 0 amide bonds. The van der Waals surface area contributed by atoms with Gasteiger partial charge in [-0.25, -0.2) is 4.98 Å². The van der Waals surface area contributed by atoms with Crippen molar-refractivity contribution >= 4 is 23.8 Å². The number of hydrogen-bond acceptors (Lipinski definition) is 5. The Morgan fingerprint density at radius 2 is 1.96 bits per heavy atom. The molecule has 1 aromatic rings. The lowest BCUT2D eigenvalue weighted by molar-refractivity contribution is -0.142. The lowest BCUT2D eigenvalue weighted by Crippen LogP contribution is -2.47. The molecule has 3 heterocycles. The Labute approximate surface area is 161 Å². The van der Waals surface area contributed by atoms with Gasteiger partial charge in [0.1, 0.15) is 5.82 Å². The van der Waals surface area contributed by atoms with E-state index in [1.807, 2.05) is 11.8 Å². The third-order valence-electron chi connectivity index (χ3n) is 6.49. The SMILES string of the molecule is C=Cc1c(N2C[C@@H]3C(C(C)C(=O)O)[C@@H]3C2)nc(N2CCC2C)nc1C(F)(F)F. The van der Waals surface area contributed by atoms with Crippen LogP contribution in [0.15, 0.2) is 6.58 Å². The van der Waals surface area contributed by atoms with E-state index in [1.165, 1.54) is 6.08 Å². The minimum Gasteiger partial charge on any atom is -0.481 e. The van der Waals surface area contributed by atoms with Gasteiger partial charge in [-0.3, -0.25) is 4.79 Å². The number of carboxylic acids is 1. The van der Waals surface area contributed by atoms with E-state index in [1.54, 1.807) is 11.8 Å². The number of anilines is 2. The molecular weight excluding hydrogens is 373 g/mol. The van der Waals surface area contributed by atoms with E-state index in [2.05, 4.69) is 16.5 Å². The third-order valence-corrected chi connectivity index (χ3v) is 6.49. The summed E-state index contributed by atoms with van der Waals surface area (Å²) in [7, 11) is 0. The fourth-order valence-corrected chi connectivity index (χ4v) is 4.68. The molecule has 2 saturated heterocycles. The van der Waals surface area contributed by atoms with Gasteiger partial charge in [-0.2, -0.15) is 18.2 Å². The molecule has 152 valence electrons. The highest BCUT2D eigenvalue weighted by Crippen LogP contribution is 2.56. The number of aliphatic carboxylic acids is 1. The normalized spacial score (nSPS) is 29.9. The fourth-order valence-electron chi connectivity index (χ4n) is 4.68. The van der Waals surface area contributed by atoms with Crippen molar-refractivity contribution in [3.8, 4) is 0 Å². The average Bonchev–Trinajstić information content (AvgIpc) is 3.10. The lowest BCUT2D eigenvalue weighted by Gasteiger charge is -2.39. The van der Waals surface area contributed by atoms with Crippen LogP contribution < -0.4 is 9.80 Å². The Morgan fingerprint density at radius 3 is 2.39 bits per heavy atom. The maximum absolute atomic E-state index is 13.7. The standard InChI is InChI=1S/C19H23F3N4O2/c1-4-11-15(19(20,21)22)23-18(26-6-5-9(26)2)24-16(11)25-7-12-13(8-25)14(12)10(3)17(27)28/h4,9-10,12-14H,1,5-8H2,2-3H3,(H,27,28)/t9?,10?,12-,13+,14?. The zero-order chi connectivity index (χ0) is 20.4. The van der Waals surface area contributed by atoms with Crippen LogP contribution in [0.4, 0.5) is 24.9 Å². The Kier molecular flexibility index (Phi) is 4.31. The van der Waals surface area contributed by atoms with Crippen molar-refractivity contribution < 1.29 is 23.1 Å². The second-order valence-corrected chi connectivity index (χ2v) is 8.08. The molecule has 0 radical (unpaired) electrons. The van der Waals surface area contributed by atoms with Crippen LogP contribution in [0.5, 0.6) is 0 Å². The van der Waals surface area contributed by atoms with Crippen LogP contribution in [0.25, 0.3) is 6.08 Å². The van der Waals surface area contributed by atoms with Crippen molar-refractivity contribution in [2.45, 2.75) is 32.5 Å². The van der Waals surface area contributed by atoms with Crippen molar-refractivity contribution in [1.82, 2.24) is 9.97 Å². The number of carbonyl (C=O) groups is 1. The molecule has 0 bridgehead atoms. The summed E-state index contributed by atoms with van der Waals surface area (Å²) in [4.78, 5) is 23.2. The van der Waals surface area contributed by atoms with Gasteiger partial charge < -0.3 is 14.9 Å². The molecule has 0 aromatic carbocycles. The van der Waals surface area contributed by atoms with Gasteiger partial charge in [-0.1, -0.05) is 19.6 Å². The number of nitrogens with zero attached hydrogens (tertiary/aromatic N) is 4. The summed E-state index contributed by atoms with van der Waals surface area (Å²) in [5.41, 5.74) is -1.06. The van der Waals surface area contributed by atoms with Crippen LogP contribution in [0, 0.1) is 23.7 Å². The van der Waals surface area contributed by atoms with Crippen LogP contribution in [0.2, 0.25) is 0 Å². The Hall–Kier alpha value is -2.32. The molecule has 2 aliphatic heterocycles. The molecule has 4 rings (SSSR count). The Bertz CT molecular complexity index is 816. The molecule has 9 heteroatoms. The first-order valence-electron chi connectivity index (χ1n) is 9.49. The molecule has 0 spiro atoms. The van der Waals surface area contributed by atoms with Crippen LogP contribution >= 0.6 is 0 Å². The van der Waals surface area contributed by atoms with Gasteiger partial charge in [0.05, 0.1) is 5.92 Å². The van der Waals surface area contributed by atoms with E-state index in [-0.39, 0.29) is 41.1 Å². The molecule has 28 heavy (non-hydrogen) atoms. The molecule has 1 saturated carbocycles. The van der Waals surface area contributed by atoms with E-state index in [0.717, 1.165) is 6.42 Å². The molecule has 1 aliphatic carbocycles. The Morgan fingerprint density at radius 1 is 1.32 bits per heavy atom. The second-order valence-electron chi connectivity index (χ2n) is 8.08. The van der Waals surface area contributed by atoms with Gasteiger partial charge in [-0.15, -0.1) is 0 Å². The lowest BCUT2D eigenvalue weighted by atomic mass is 10.0. The summed E-state index contributed by atoms with van der Waals surface area (Å²) < 4.78 is 41.0. The predicted octanol–water partition coefficient (Wildman–Crippen LogP) is 3.14. The summed E-state index contributed by atoms with van der Waals surface area (Å²) in [6.07, 6.45) is -2.54. The van der Waals surface area contributed by atoms with Gasteiger partial charge in [0, 0.05) is 31.2 Å². The average molecular weight is 396 g/mol. The first kappa shape index (κ1) is 19.0. The number of piperidine rings is 1. The van der Waals surface area contributed by atoms with Crippen molar-refractivity contribution in [2.24, 2.45) is 23.7 Å². The zero-order valence-electron chi connectivity index (χ0n) is 15.8. The summed E-state index contributed by atoms with van der Waals surface area (Å²) >= 11 is 0. The van der Waals surface area contributed by atoms with Gasteiger partial charge in [-0.05, 0) is 31.1 Å². The van der Waals surface area contributed by atoms with Gasteiger partial charge in [0.2, 0.25) is 5.95 Å². The van der Waals surface area contributed by atoms with Gasteiger partial charge >= 0.3 is 12.1 Å². The number of carboxylic acid groups (broad SMARTS) is 1. The van der Waals surface area contributed by atoms with Gasteiger partial charge in [0.15, 0.2) is 5.69 Å². The van der Waals surface area contributed by atoms with Crippen molar-refractivity contribution in [2.75, 3.05) is 29.4 Å². The van der Waals surface area contributed by atoms with E-state index in [0.29, 0.717) is 19.6 Å². The van der Waals surface area contributed by atoms with Crippen LogP contribution in [0.3, 0.4) is 0 Å². The highest BCUT2D eigenvalue weighted by Gasteiger charge is 2.59. The highest BCUT2D eigenvalue weighted by molar-refractivity contribution is 5.71. The van der Waals surface area contributed by atoms with Crippen molar-refractivity contribution in [1.29, 1.82) is 0 Å². The maximum Gasteiger partial charge on any atom is 0.434 e. The number of aromatic nitrogens is 2. The molecule has 3 aliphatic rings. The topological polar surface area (TPSA) is 69.6 Å². The summed E-state index contributed by atoms with van der Waals surface area (Å²) in [5.74, 6) is -0.473. The molecule has 3 unspecified atom stereocenters. The zero-order valence-corrected chi connectivity index (χ0v) is 15.8. The minimum atomic E-state index is -4.60. The van der Waals surface area contributed by atoms with E-state index in [4.69, 9.17) is 0 Å². The van der Waals surface area contributed by atoms with Gasteiger partial charge in [0.25, 0.3) is 0 Å². The largest absolute Gasteiger partial charge is 0.481 e. The van der Waals surface area contributed by atoms with Crippen LogP contribution in [-0.4, -0.2) is 46.7 Å². The molecule has 6 nitrogen and oxygen atoms in total. The molecule has 1 N–H and O–H groups in total. The molecule has 3 fully saturated rings. The van der Waals surface area contributed by atoms with Crippen LogP contribution in [0.1, 0.15) is 31.5 Å². The summed E-state index contributed by atoms with van der Waals surface area (Å²) in [5, 5.41) is 9.22. The first-order chi connectivity index (χ1) is 13.1. The molecule has 5 atom stereocenters. The first-order valence-corrected chi connectivity index (χ1v) is 9.49. The highest BCUT2D eigenvalue weighted by atomic mass is 19.4. The van der Waals surface area contributed by atoms with E-state index < -0.39 is 23.8 Å². The second kappa shape index (κ2) is 6.35. The fraction of sp³-hybridized carbons (Fsp3) is 0.632. The smallest absolute Gasteiger partial charge is 0.434 e. The number of halogens is 3. The van der Waals surface area contributed by atoms with Crippen molar-refractivity contribution in [3.05, 3.63) is 17.8 Å². The quantitative estimate of drug-likeness (QED) is 0.825. The van der Waals surface area contributed by atoms with Crippen LogP contribution in [-0.2, 0) is 11.0 Å².